The first kappa shape index (κ1) is 29.0. The van der Waals surface area contributed by atoms with Gasteiger partial charge in [-0.2, -0.15) is 0 Å². The minimum absolute atomic E-state index is 0.576. The summed E-state index contributed by atoms with van der Waals surface area (Å²) in [5.41, 5.74) is 9.47. The highest BCUT2D eigenvalue weighted by atomic mass is 16.3. The van der Waals surface area contributed by atoms with E-state index in [1.807, 2.05) is 42.5 Å². The summed E-state index contributed by atoms with van der Waals surface area (Å²) < 4.78 is 6.27. The van der Waals surface area contributed by atoms with Gasteiger partial charge in [0.25, 0.3) is 0 Å². The fraction of sp³-hybridized carbons (Fsp3) is 0. The van der Waals surface area contributed by atoms with Crippen LogP contribution in [0.15, 0.2) is 174 Å². The smallest absolute Gasteiger partial charge is 0.164 e. The summed E-state index contributed by atoms with van der Waals surface area (Å²) in [6, 6.07) is 58.2. The minimum atomic E-state index is 0.576. The average Bonchev–Trinajstić information content (AvgIpc) is 3.58. The number of aromatic nitrogens is 4. The van der Waals surface area contributed by atoms with Crippen molar-refractivity contribution in [3.8, 4) is 56.5 Å². The van der Waals surface area contributed by atoms with E-state index >= 15 is 0 Å². The van der Waals surface area contributed by atoms with Gasteiger partial charge < -0.3 is 4.42 Å². The maximum Gasteiger partial charge on any atom is 0.164 e. The second kappa shape index (κ2) is 11.9. The summed E-state index contributed by atoms with van der Waals surface area (Å²) in [4.78, 5) is 20.4. The van der Waals surface area contributed by atoms with Crippen molar-refractivity contribution in [3.05, 3.63) is 170 Å². The van der Waals surface area contributed by atoms with Gasteiger partial charge in [-0.3, -0.25) is 0 Å². The number of pyridine rings is 1. The van der Waals surface area contributed by atoms with Crippen molar-refractivity contribution in [1.82, 2.24) is 19.9 Å². The molecule has 0 aliphatic heterocycles. The van der Waals surface area contributed by atoms with Gasteiger partial charge in [-0.15, -0.1) is 0 Å². The molecule has 5 nitrogen and oxygen atoms in total. The Morgan fingerprint density at radius 3 is 1.92 bits per heavy atom. The Labute approximate surface area is 293 Å². The molecule has 0 bridgehead atoms. The summed E-state index contributed by atoms with van der Waals surface area (Å²) in [7, 11) is 0. The summed E-state index contributed by atoms with van der Waals surface area (Å²) in [6.07, 6.45) is 0. The van der Waals surface area contributed by atoms with Crippen molar-refractivity contribution in [1.29, 1.82) is 0 Å². The molecule has 5 heteroatoms. The fourth-order valence-electron chi connectivity index (χ4n) is 6.94. The molecule has 10 aromatic rings. The Morgan fingerprint density at radius 2 is 1.00 bits per heavy atom. The van der Waals surface area contributed by atoms with Crippen LogP contribution in [0.3, 0.4) is 0 Å². The SMILES string of the molecule is c1ccc(-c2cccc(-c3nc(-c4ccc5c(c4)oc4ccccc45)nc(-c4cccc5ccc(-c6ccc7ccccc7n6)cc45)n3)c2)cc1. The third kappa shape index (κ3) is 5.20. The molecule has 0 fully saturated rings. The monoisotopic (exact) mass is 652 g/mol. The van der Waals surface area contributed by atoms with Gasteiger partial charge in [0.2, 0.25) is 0 Å². The van der Waals surface area contributed by atoms with E-state index in [1.54, 1.807) is 0 Å². The molecule has 0 saturated carbocycles. The molecular weight excluding hydrogens is 625 g/mol. The van der Waals surface area contributed by atoms with E-state index in [2.05, 4.69) is 127 Å². The van der Waals surface area contributed by atoms with E-state index in [0.29, 0.717) is 17.5 Å². The van der Waals surface area contributed by atoms with E-state index in [9.17, 15) is 0 Å². The van der Waals surface area contributed by atoms with E-state index in [1.165, 1.54) is 0 Å². The van der Waals surface area contributed by atoms with Gasteiger partial charge >= 0.3 is 0 Å². The van der Waals surface area contributed by atoms with Crippen molar-refractivity contribution >= 4 is 43.6 Å². The molecule has 3 aromatic heterocycles. The molecule has 0 aliphatic rings. The van der Waals surface area contributed by atoms with Gasteiger partial charge in [-0.25, -0.2) is 19.9 Å². The summed E-state index contributed by atoms with van der Waals surface area (Å²) in [5, 5.41) is 5.39. The molecule has 0 N–H and O–H groups in total. The van der Waals surface area contributed by atoms with Gasteiger partial charge in [0.05, 0.1) is 11.2 Å². The van der Waals surface area contributed by atoms with Gasteiger partial charge in [0.1, 0.15) is 11.2 Å². The number of hydrogen-bond donors (Lipinski definition) is 0. The average molecular weight is 653 g/mol. The standard InChI is InChI=1S/C46H28N4O/c1-2-10-29(11-3-1)32-14-8-15-34(26-32)44-48-45(35-22-24-37-36-16-5-7-19-42(36)51-43(37)28-35)50-46(49-44)38-17-9-13-30-20-21-33(27-39(30)38)41-25-23-31-12-4-6-18-40(31)47-41/h1-28H. The molecule has 10 rings (SSSR count). The number of fused-ring (bicyclic) bond motifs is 5. The van der Waals surface area contributed by atoms with E-state index < -0.39 is 0 Å². The summed E-state index contributed by atoms with van der Waals surface area (Å²) in [5.74, 6) is 1.77. The van der Waals surface area contributed by atoms with Crippen LogP contribution in [0.25, 0.3) is 100 Å². The van der Waals surface area contributed by atoms with Crippen LogP contribution in [-0.2, 0) is 0 Å². The van der Waals surface area contributed by atoms with E-state index in [0.717, 1.165) is 82.7 Å². The van der Waals surface area contributed by atoms with Crippen LogP contribution in [-0.4, -0.2) is 19.9 Å². The molecule has 0 spiro atoms. The topological polar surface area (TPSA) is 64.7 Å². The van der Waals surface area contributed by atoms with E-state index in [4.69, 9.17) is 24.4 Å². The maximum absolute atomic E-state index is 6.27. The van der Waals surface area contributed by atoms with Crippen LogP contribution >= 0.6 is 0 Å². The zero-order valence-corrected chi connectivity index (χ0v) is 27.4. The highest BCUT2D eigenvalue weighted by molar-refractivity contribution is 6.06. The third-order valence-corrected chi connectivity index (χ3v) is 9.52. The predicted molar refractivity (Wildman–Crippen MR) is 207 cm³/mol. The van der Waals surface area contributed by atoms with Gasteiger partial charge in [-0.1, -0.05) is 127 Å². The molecule has 0 amide bonds. The second-order valence-electron chi connectivity index (χ2n) is 12.7. The predicted octanol–water partition coefficient (Wildman–Crippen LogP) is 11.8. The van der Waals surface area contributed by atoms with Gasteiger partial charge in [0.15, 0.2) is 17.5 Å². The fourth-order valence-corrected chi connectivity index (χ4v) is 6.94. The number of nitrogens with zero attached hydrogens (tertiary/aromatic N) is 4. The highest BCUT2D eigenvalue weighted by Crippen LogP contribution is 2.35. The van der Waals surface area contributed by atoms with Crippen molar-refractivity contribution in [2.75, 3.05) is 0 Å². The Hall–Kier alpha value is -6.98. The zero-order chi connectivity index (χ0) is 33.7. The Bertz CT molecular complexity index is 2930. The first-order valence-electron chi connectivity index (χ1n) is 17.0. The quantitative estimate of drug-likeness (QED) is 0.185. The molecule has 7 aromatic carbocycles. The Morgan fingerprint density at radius 1 is 0.333 bits per heavy atom. The van der Waals surface area contributed by atoms with Crippen molar-refractivity contribution in [3.63, 3.8) is 0 Å². The lowest BCUT2D eigenvalue weighted by Crippen LogP contribution is -2.01. The number of hydrogen-bond acceptors (Lipinski definition) is 5. The number of benzene rings is 7. The first-order chi connectivity index (χ1) is 25.2. The Balaban J connectivity index is 1.17. The third-order valence-electron chi connectivity index (χ3n) is 9.52. The zero-order valence-electron chi connectivity index (χ0n) is 27.4. The lowest BCUT2D eigenvalue weighted by Gasteiger charge is -2.12. The largest absolute Gasteiger partial charge is 0.456 e. The first-order valence-corrected chi connectivity index (χ1v) is 17.0. The minimum Gasteiger partial charge on any atom is -0.456 e. The highest BCUT2D eigenvalue weighted by Gasteiger charge is 2.17. The number of rotatable bonds is 5. The lowest BCUT2D eigenvalue weighted by atomic mass is 9.99. The summed E-state index contributed by atoms with van der Waals surface area (Å²) in [6.45, 7) is 0. The van der Waals surface area contributed by atoms with Crippen molar-refractivity contribution in [2.24, 2.45) is 0 Å². The van der Waals surface area contributed by atoms with Crippen LogP contribution in [0, 0.1) is 0 Å². The number of furan rings is 1. The van der Waals surface area contributed by atoms with Gasteiger partial charge in [-0.05, 0) is 64.4 Å². The van der Waals surface area contributed by atoms with Crippen LogP contribution in [0.2, 0.25) is 0 Å². The molecule has 0 unspecified atom stereocenters. The maximum atomic E-state index is 6.27. The molecule has 3 heterocycles. The van der Waals surface area contributed by atoms with Crippen molar-refractivity contribution < 1.29 is 4.42 Å². The van der Waals surface area contributed by atoms with Crippen LogP contribution in [0.5, 0.6) is 0 Å². The second-order valence-corrected chi connectivity index (χ2v) is 12.7. The molecule has 0 aliphatic carbocycles. The number of para-hydroxylation sites is 2. The lowest BCUT2D eigenvalue weighted by molar-refractivity contribution is 0.669. The van der Waals surface area contributed by atoms with Crippen molar-refractivity contribution in [2.45, 2.75) is 0 Å². The molecule has 0 saturated heterocycles. The van der Waals surface area contributed by atoms with Crippen LogP contribution in [0.1, 0.15) is 0 Å². The Kier molecular flexibility index (Phi) is 6.74. The molecule has 51 heavy (non-hydrogen) atoms. The molecular formula is C46H28N4O. The van der Waals surface area contributed by atoms with Crippen LogP contribution < -0.4 is 0 Å². The van der Waals surface area contributed by atoms with Gasteiger partial charge in [0, 0.05) is 38.4 Å². The summed E-state index contributed by atoms with van der Waals surface area (Å²) >= 11 is 0. The molecule has 238 valence electrons. The van der Waals surface area contributed by atoms with E-state index in [-0.39, 0.29) is 0 Å². The molecule has 0 radical (unpaired) electrons. The van der Waals surface area contributed by atoms with Crippen LogP contribution in [0.4, 0.5) is 0 Å². The molecule has 0 atom stereocenters. The normalized spacial score (nSPS) is 11.5.